The van der Waals surface area contributed by atoms with Crippen LogP contribution >= 0.6 is 12.2 Å². The van der Waals surface area contributed by atoms with Crippen LogP contribution < -0.4 is 4.90 Å². The second kappa shape index (κ2) is 8.39. The zero-order chi connectivity index (χ0) is 23.3. The van der Waals surface area contributed by atoms with E-state index in [1.165, 1.54) is 54.6 Å². The lowest BCUT2D eigenvalue weighted by atomic mass is 9.71. The molecule has 0 bridgehead atoms. The molecule has 3 heterocycles. The maximum absolute atomic E-state index is 13.3. The molecule has 0 N–H and O–H groups in total. The van der Waals surface area contributed by atoms with Gasteiger partial charge in [-0.15, -0.1) is 0 Å². The van der Waals surface area contributed by atoms with Crippen LogP contribution in [0.1, 0.15) is 49.3 Å². The van der Waals surface area contributed by atoms with Crippen molar-refractivity contribution in [2.45, 2.75) is 45.4 Å². The average molecular weight is 456 g/mol. The minimum Gasteiger partial charge on any atom is -0.371 e. The summed E-state index contributed by atoms with van der Waals surface area (Å²) in [5, 5.41) is 0.119. The average Bonchev–Trinajstić information content (AvgIpc) is 2.75. The molecule has 1 aromatic carbocycles. The molecule has 3 aliphatic heterocycles. The number of amides is 2. The molecule has 1 unspecified atom stereocenters. The highest BCUT2D eigenvalue weighted by Gasteiger charge is 2.50. The predicted molar refractivity (Wildman–Crippen MR) is 125 cm³/mol. The maximum atomic E-state index is 13.3. The third-order valence-corrected chi connectivity index (χ3v) is 7.65. The van der Waals surface area contributed by atoms with Gasteiger partial charge in [-0.25, -0.2) is 0 Å². The number of carbonyl (C=O) groups is 4. The van der Waals surface area contributed by atoms with Gasteiger partial charge in [0, 0.05) is 38.8 Å². The zero-order valence-electron chi connectivity index (χ0n) is 19.0. The summed E-state index contributed by atoms with van der Waals surface area (Å²) in [6, 6.07) is 4.04. The number of Topliss-reactive ketones (excluding diaryl/α,β-unsaturated/α-hetero) is 2. The molecule has 1 saturated heterocycles. The first kappa shape index (κ1) is 22.6. The number of carbonyl (C=O) groups excluding carboxylic acids is 4. The standard InChI is InChI=1S/C24H29N3O4S/c1-13(28)18(14(2)29)19(20-22(30)25(3)24(32)26(4)23(20)31)17-11-15-7-5-9-27-10-6-8-16(12-17)21(15)27/h11-12,18-20H,5-10H2,1-4H3. The van der Waals surface area contributed by atoms with Gasteiger partial charge in [0.1, 0.15) is 17.5 Å². The minimum atomic E-state index is -1.18. The molecule has 4 rings (SSSR count). The van der Waals surface area contributed by atoms with E-state index in [2.05, 4.69) is 4.90 Å². The lowest BCUT2D eigenvalue weighted by Gasteiger charge is -2.41. The van der Waals surface area contributed by atoms with E-state index in [0.29, 0.717) is 0 Å². The van der Waals surface area contributed by atoms with Gasteiger partial charge in [0.15, 0.2) is 5.11 Å². The molecule has 2 amide bonds. The number of thiocarbonyl (C=S) groups is 1. The van der Waals surface area contributed by atoms with Gasteiger partial charge in [0.2, 0.25) is 11.8 Å². The first-order valence-electron chi connectivity index (χ1n) is 11.1. The Morgan fingerprint density at radius 2 is 1.41 bits per heavy atom. The second-order valence-electron chi connectivity index (χ2n) is 9.16. The van der Waals surface area contributed by atoms with Gasteiger partial charge in [-0.1, -0.05) is 12.1 Å². The van der Waals surface area contributed by atoms with E-state index in [1.54, 1.807) is 0 Å². The summed E-state index contributed by atoms with van der Waals surface area (Å²) in [5.74, 6) is -4.73. The van der Waals surface area contributed by atoms with Crippen LogP contribution in [0.25, 0.3) is 0 Å². The Bertz CT molecular complexity index is 967. The summed E-state index contributed by atoms with van der Waals surface area (Å²) in [5.41, 5.74) is 4.32. The molecule has 32 heavy (non-hydrogen) atoms. The van der Waals surface area contributed by atoms with Crippen molar-refractivity contribution in [3.63, 3.8) is 0 Å². The van der Waals surface area contributed by atoms with Crippen LogP contribution in [-0.2, 0) is 32.0 Å². The molecule has 0 aliphatic carbocycles. The second-order valence-corrected chi connectivity index (χ2v) is 9.53. The first-order valence-corrected chi connectivity index (χ1v) is 11.5. The number of rotatable bonds is 5. The number of ketones is 2. The quantitative estimate of drug-likeness (QED) is 0.500. The van der Waals surface area contributed by atoms with Crippen LogP contribution in [0, 0.1) is 11.8 Å². The third kappa shape index (κ3) is 3.54. The summed E-state index contributed by atoms with van der Waals surface area (Å²) in [6.07, 6.45) is 3.87. The van der Waals surface area contributed by atoms with E-state index in [-0.39, 0.29) is 16.7 Å². The largest absolute Gasteiger partial charge is 0.371 e. The van der Waals surface area contributed by atoms with Crippen molar-refractivity contribution in [2.75, 3.05) is 32.1 Å². The maximum Gasteiger partial charge on any atom is 0.241 e. The van der Waals surface area contributed by atoms with Gasteiger partial charge >= 0.3 is 0 Å². The van der Waals surface area contributed by atoms with E-state index in [0.717, 1.165) is 44.3 Å². The molecule has 8 heteroatoms. The summed E-state index contributed by atoms with van der Waals surface area (Å²) in [7, 11) is 3.06. The summed E-state index contributed by atoms with van der Waals surface area (Å²) in [4.78, 5) is 57.0. The molecule has 3 aliphatic rings. The summed E-state index contributed by atoms with van der Waals surface area (Å²) >= 11 is 5.24. The van der Waals surface area contributed by atoms with E-state index < -0.39 is 29.6 Å². The number of anilines is 1. The van der Waals surface area contributed by atoms with Crippen LogP contribution in [0.5, 0.6) is 0 Å². The molecular formula is C24H29N3O4S. The van der Waals surface area contributed by atoms with Crippen LogP contribution in [0.15, 0.2) is 12.1 Å². The van der Waals surface area contributed by atoms with Gasteiger partial charge in [-0.05, 0) is 68.4 Å². The first-order chi connectivity index (χ1) is 15.1. The molecule has 0 radical (unpaired) electrons. The number of hydrogen-bond acceptors (Lipinski definition) is 6. The highest BCUT2D eigenvalue weighted by Crippen LogP contribution is 2.43. The highest BCUT2D eigenvalue weighted by atomic mass is 32.1. The molecule has 1 atom stereocenters. The van der Waals surface area contributed by atoms with Crippen LogP contribution in [0.4, 0.5) is 5.69 Å². The van der Waals surface area contributed by atoms with Crippen molar-refractivity contribution in [3.05, 3.63) is 28.8 Å². The van der Waals surface area contributed by atoms with E-state index in [1.807, 2.05) is 12.1 Å². The Balaban J connectivity index is 1.91. The van der Waals surface area contributed by atoms with Gasteiger partial charge in [0.05, 0.1) is 5.92 Å². The Kier molecular flexibility index (Phi) is 5.92. The smallest absolute Gasteiger partial charge is 0.241 e. The lowest BCUT2D eigenvalue weighted by molar-refractivity contribution is -0.148. The van der Waals surface area contributed by atoms with Crippen molar-refractivity contribution < 1.29 is 19.2 Å². The topological polar surface area (TPSA) is 78.0 Å². The Labute approximate surface area is 193 Å². The summed E-state index contributed by atoms with van der Waals surface area (Å²) < 4.78 is 0. The highest BCUT2D eigenvalue weighted by molar-refractivity contribution is 7.80. The predicted octanol–water partition coefficient (Wildman–Crippen LogP) is 2.09. The third-order valence-electron chi connectivity index (χ3n) is 7.10. The molecule has 0 spiro atoms. The van der Waals surface area contributed by atoms with Gasteiger partial charge < -0.3 is 4.90 Å². The molecule has 0 aromatic heterocycles. The van der Waals surface area contributed by atoms with Crippen molar-refractivity contribution in [1.82, 2.24) is 9.80 Å². The molecule has 1 aromatic rings. The van der Waals surface area contributed by atoms with E-state index in [4.69, 9.17) is 12.2 Å². The van der Waals surface area contributed by atoms with Gasteiger partial charge in [-0.3, -0.25) is 29.0 Å². The Morgan fingerprint density at radius 1 is 0.938 bits per heavy atom. The normalized spacial score (nSPS) is 20.0. The van der Waals surface area contributed by atoms with Crippen molar-refractivity contribution in [1.29, 1.82) is 0 Å². The monoisotopic (exact) mass is 455 g/mol. The SMILES string of the molecule is CC(=O)C(C(C)=O)C(c1cc2c3c(c1)CCCN3CCC2)C1C(=O)N(C)C(=S)N(C)C1=O. The van der Waals surface area contributed by atoms with E-state index in [9.17, 15) is 19.2 Å². The number of nitrogens with zero attached hydrogens (tertiary/aromatic N) is 3. The van der Waals surface area contributed by atoms with Crippen molar-refractivity contribution in [3.8, 4) is 0 Å². The van der Waals surface area contributed by atoms with Crippen molar-refractivity contribution in [2.24, 2.45) is 11.8 Å². The zero-order valence-corrected chi connectivity index (χ0v) is 19.8. The van der Waals surface area contributed by atoms with Gasteiger partial charge in [-0.2, -0.15) is 0 Å². The molecular weight excluding hydrogens is 426 g/mol. The van der Waals surface area contributed by atoms with Crippen LogP contribution in [0.3, 0.4) is 0 Å². The van der Waals surface area contributed by atoms with Gasteiger partial charge in [0.25, 0.3) is 0 Å². The number of aryl methyl sites for hydroxylation is 2. The Morgan fingerprint density at radius 3 is 1.84 bits per heavy atom. The molecule has 170 valence electrons. The lowest BCUT2D eigenvalue weighted by Crippen LogP contribution is -2.59. The fourth-order valence-corrected chi connectivity index (χ4v) is 5.82. The fourth-order valence-electron chi connectivity index (χ4n) is 5.64. The van der Waals surface area contributed by atoms with E-state index >= 15 is 0 Å². The molecule has 1 fully saturated rings. The number of hydrogen-bond donors (Lipinski definition) is 0. The Hall–Kier alpha value is -2.61. The fraction of sp³-hybridized carbons (Fsp3) is 0.542. The minimum absolute atomic E-state index is 0.119. The molecule has 0 saturated carbocycles. The number of benzene rings is 1. The van der Waals surface area contributed by atoms with Crippen LogP contribution in [0.2, 0.25) is 0 Å². The summed E-state index contributed by atoms with van der Waals surface area (Å²) in [6.45, 7) is 4.77. The van der Waals surface area contributed by atoms with Crippen LogP contribution in [-0.4, -0.2) is 65.5 Å². The molecule has 7 nitrogen and oxygen atoms in total. The van der Waals surface area contributed by atoms with Crippen molar-refractivity contribution >= 4 is 46.4 Å².